The molecular formula is C14H27NO4S. The molecule has 1 amide bonds. The molecule has 5 nitrogen and oxygen atoms in total. The molecule has 0 aliphatic rings. The predicted octanol–water partition coefficient (Wildman–Crippen LogP) is 0.974. The summed E-state index contributed by atoms with van der Waals surface area (Å²) in [5.74, 6) is 1.57. The molecule has 0 saturated carbocycles. The molecule has 0 spiro atoms. The number of aliphatic hydroxyl groups excluding tert-OH is 2. The fraction of sp³-hybridized carbons (Fsp3) is 0.857. The van der Waals surface area contributed by atoms with Crippen molar-refractivity contribution in [1.29, 1.82) is 0 Å². The predicted molar refractivity (Wildman–Crippen MR) is 81.7 cm³/mol. The number of amides is 1. The number of carbonyl (C=O) groups excluding carboxylic acids is 2. The first-order chi connectivity index (χ1) is 9.35. The SMILES string of the molecule is CCSCCC(=O)CCCNC(=O)[C@H](O)C(C)(C)CO. The van der Waals surface area contributed by atoms with Crippen molar-refractivity contribution >= 4 is 23.5 Å². The summed E-state index contributed by atoms with van der Waals surface area (Å²) in [6.45, 7) is 5.39. The number of hydrogen-bond acceptors (Lipinski definition) is 5. The van der Waals surface area contributed by atoms with Crippen molar-refractivity contribution in [2.75, 3.05) is 24.7 Å². The van der Waals surface area contributed by atoms with Gasteiger partial charge in [0, 0.05) is 30.6 Å². The van der Waals surface area contributed by atoms with Gasteiger partial charge < -0.3 is 15.5 Å². The van der Waals surface area contributed by atoms with E-state index in [4.69, 9.17) is 5.11 Å². The summed E-state index contributed by atoms with van der Waals surface area (Å²) in [5.41, 5.74) is -0.864. The van der Waals surface area contributed by atoms with E-state index in [0.29, 0.717) is 25.8 Å². The maximum atomic E-state index is 11.6. The number of nitrogens with one attached hydrogen (secondary N) is 1. The normalized spacial score (nSPS) is 13.1. The molecule has 0 aliphatic heterocycles. The van der Waals surface area contributed by atoms with Crippen LogP contribution >= 0.6 is 11.8 Å². The lowest BCUT2D eigenvalue weighted by Crippen LogP contribution is -2.45. The van der Waals surface area contributed by atoms with Gasteiger partial charge in [-0.05, 0) is 12.2 Å². The molecule has 118 valence electrons. The number of Topliss-reactive ketones (excluding diaryl/α,β-unsaturated/α-hetero) is 1. The van der Waals surface area contributed by atoms with E-state index in [2.05, 4.69) is 12.2 Å². The fourth-order valence-corrected chi connectivity index (χ4v) is 2.15. The lowest BCUT2D eigenvalue weighted by molar-refractivity contribution is -0.137. The van der Waals surface area contributed by atoms with Gasteiger partial charge in [0.15, 0.2) is 0 Å². The monoisotopic (exact) mass is 305 g/mol. The largest absolute Gasteiger partial charge is 0.396 e. The third kappa shape index (κ3) is 7.87. The quantitative estimate of drug-likeness (QED) is 0.495. The molecule has 6 heteroatoms. The maximum absolute atomic E-state index is 11.6. The average Bonchev–Trinajstić information content (AvgIpc) is 2.42. The Kier molecular flexibility index (Phi) is 9.88. The molecule has 0 aromatic heterocycles. The zero-order valence-electron chi connectivity index (χ0n) is 12.6. The molecule has 20 heavy (non-hydrogen) atoms. The minimum atomic E-state index is -1.25. The van der Waals surface area contributed by atoms with E-state index in [1.807, 2.05) is 0 Å². The van der Waals surface area contributed by atoms with Crippen LogP contribution in [0.3, 0.4) is 0 Å². The van der Waals surface area contributed by atoms with E-state index in [1.165, 1.54) is 0 Å². The smallest absolute Gasteiger partial charge is 0.249 e. The van der Waals surface area contributed by atoms with Gasteiger partial charge in [-0.25, -0.2) is 0 Å². The van der Waals surface area contributed by atoms with Crippen molar-refractivity contribution in [2.45, 2.75) is 46.1 Å². The Morgan fingerprint density at radius 2 is 1.95 bits per heavy atom. The molecular weight excluding hydrogens is 278 g/mol. The van der Waals surface area contributed by atoms with E-state index in [0.717, 1.165) is 11.5 Å². The van der Waals surface area contributed by atoms with Gasteiger partial charge in [0.25, 0.3) is 0 Å². The lowest BCUT2D eigenvalue weighted by atomic mass is 9.87. The lowest BCUT2D eigenvalue weighted by Gasteiger charge is -2.27. The summed E-state index contributed by atoms with van der Waals surface area (Å²) in [6.07, 6.45) is 0.355. The molecule has 0 radical (unpaired) electrons. The standard InChI is InChI=1S/C14H27NO4S/c1-4-20-9-7-11(17)6-5-8-15-13(19)12(18)14(2,3)10-16/h12,16,18H,4-10H2,1-3H3,(H,15,19)/t12-/m0/s1. The molecule has 3 N–H and O–H groups in total. The summed E-state index contributed by atoms with van der Waals surface area (Å²) in [5, 5.41) is 21.4. The Morgan fingerprint density at radius 1 is 1.30 bits per heavy atom. The minimum Gasteiger partial charge on any atom is -0.396 e. The number of carbonyl (C=O) groups is 2. The summed E-state index contributed by atoms with van der Waals surface area (Å²) in [6, 6.07) is 0. The molecule has 0 aromatic carbocycles. The van der Waals surface area contributed by atoms with Gasteiger partial charge >= 0.3 is 0 Å². The highest BCUT2D eigenvalue weighted by Crippen LogP contribution is 2.19. The van der Waals surface area contributed by atoms with E-state index in [9.17, 15) is 14.7 Å². The number of rotatable bonds is 11. The van der Waals surface area contributed by atoms with Gasteiger partial charge in [0.2, 0.25) is 5.91 Å². The number of ketones is 1. The highest BCUT2D eigenvalue weighted by molar-refractivity contribution is 7.99. The second-order valence-corrected chi connectivity index (χ2v) is 6.82. The van der Waals surface area contributed by atoms with Crippen molar-refractivity contribution in [3.05, 3.63) is 0 Å². The molecule has 0 aromatic rings. The third-order valence-electron chi connectivity index (χ3n) is 3.06. The second-order valence-electron chi connectivity index (χ2n) is 5.43. The van der Waals surface area contributed by atoms with Crippen molar-refractivity contribution in [2.24, 2.45) is 5.41 Å². The zero-order valence-corrected chi connectivity index (χ0v) is 13.5. The first-order valence-electron chi connectivity index (χ1n) is 7.01. The molecule has 0 bridgehead atoms. The Balaban J connectivity index is 3.79. The first-order valence-corrected chi connectivity index (χ1v) is 8.16. The van der Waals surface area contributed by atoms with Crippen molar-refractivity contribution in [3.8, 4) is 0 Å². The van der Waals surface area contributed by atoms with E-state index in [-0.39, 0.29) is 12.4 Å². The molecule has 0 saturated heterocycles. The Labute approximate surface area is 125 Å². The molecule has 0 heterocycles. The van der Waals surface area contributed by atoms with Crippen LogP contribution in [0.1, 0.15) is 40.0 Å². The van der Waals surface area contributed by atoms with Crippen LogP contribution in [0.15, 0.2) is 0 Å². The van der Waals surface area contributed by atoms with Crippen LogP contribution in [0.5, 0.6) is 0 Å². The van der Waals surface area contributed by atoms with Crippen LogP contribution in [-0.4, -0.2) is 52.7 Å². The summed E-state index contributed by atoms with van der Waals surface area (Å²) >= 11 is 1.74. The van der Waals surface area contributed by atoms with Gasteiger partial charge in [-0.15, -0.1) is 0 Å². The summed E-state index contributed by atoms with van der Waals surface area (Å²) < 4.78 is 0. The van der Waals surface area contributed by atoms with Crippen molar-refractivity contribution in [3.63, 3.8) is 0 Å². The molecule has 0 fully saturated rings. The van der Waals surface area contributed by atoms with Crippen LogP contribution in [0.25, 0.3) is 0 Å². The van der Waals surface area contributed by atoms with Gasteiger partial charge in [-0.3, -0.25) is 9.59 Å². The van der Waals surface area contributed by atoms with E-state index >= 15 is 0 Å². The number of aliphatic hydroxyl groups is 2. The third-order valence-corrected chi connectivity index (χ3v) is 3.96. The summed E-state index contributed by atoms with van der Waals surface area (Å²) in [4.78, 5) is 23.1. The molecule has 0 aliphatic carbocycles. The second kappa shape index (κ2) is 10.2. The van der Waals surface area contributed by atoms with E-state index in [1.54, 1.807) is 25.6 Å². The van der Waals surface area contributed by atoms with Gasteiger partial charge in [0.05, 0.1) is 6.61 Å². The average molecular weight is 305 g/mol. The topological polar surface area (TPSA) is 86.6 Å². The van der Waals surface area contributed by atoms with Gasteiger partial charge in [-0.2, -0.15) is 11.8 Å². The van der Waals surface area contributed by atoms with Crippen LogP contribution in [0.2, 0.25) is 0 Å². The minimum absolute atomic E-state index is 0.205. The van der Waals surface area contributed by atoms with Crippen LogP contribution in [-0.2, 0) is 9.59 Å². The van der Waals surface area contributed by atoms with Crippen molar-refractivity contribution < 1.29 is 19.8 Å². The molecule has 0 rings (SSSR count). The number of thioether (sulfide) groups is 1. The zero-order chi connectivity index (χ0) is 15.6. The van der Waals surface area contributed by atoms with Gasteiger partial charge in [0.1, 0.15) is 11.9 Å². The van der Waals surface area contributed by atoms with Gasteiger partial charge in [-0.1, -0.05) is 20.8 Å². The van der Waals surface area contributed by atoms with E-state index < -0.39 is 17.4 Å². The van der Waals surface area contributed by atoms with Crippen LogP contribution in [0.4, 0.5) is 0 Å². The first kappa shape index (κ1) is 19.4. The highest BCUT2D eigenvalue weighted by Gasteiger charge is 2.32. The summed E-state index contributed by atoms with van der Waals surface area (Å²) in [7, 11) is 0. The maximum Gasteiger partial charge on any atom is 0.249 e. The highest BCUT2D eigenvalue weighted by atomic mass is 32.2. The Morgan fingerprint density at radius 3 is 2.50 bits per heavy atom. The van der Waals surface area contributed by atoms with Crippen LogP contribution in [0, 0.1) is 5.41 Å². The number of hydrogen-bond donors (Lipinski definition) is 3. The molecule has 0 unspecified atom stereocenters. The van der Waals surface area contributed by atoms with Crippen molar-refractivity contribution in [1.82, 2.24) is 5.32 Å². The van der Waals surface area contributed by atoms with Crippen LogP contribution < -0.4 is 5.32 Å². The Hall–Kier alpha value is -0.590. The Bertz CT molecular complexity index is 308. The molecule has 1 atom stereocenters. The fourth-order valence-electron chi connectivity index (χ4n) is 1.49.